The van der Waals surface area contributed by atoms with Crippen molar-refractivity contribution >= 4 is 5.91 Å². The molecule has 2 atom stereocenters. The standard InChI is InChI=1S/C15H21NO3/c1-10-6-7-16(11(2)8-10)15(18)13-5-4-12(19-3)9-14(13)17/h4-5,9-11,17H,6-8H2,1-3H3. The Labute approximate surface area is 114 Å². The number of benzene rings is 1. The van der Waals surface area contributed by atoms with E-state index < -0.39 is 0 Å². The number of rotatable bonds is 2. The molecule has 4 nitrogen and oxygen atoms in total. The Morgan fingerprint density at radius 2 is 2.16 bits per heavy atom. The second-order valence-electron chi connectivity index (χ2n) is 5.36. The SMILES string of the molecule is COc1ccc(C(=O)N2CCC(C)CC2C)c(O)c1. The van der Waals surface area contributed by atoms with Crippen molar-refractivity contribution in [2.24, 2.45) is 5.92 Å². The number of piperidine rings is 1. The molecule has 2 rings (SSSR count). The van der Waals surface area contributed by atoms with E-state index in [9.17, 15) is 9.90 Å². The Balaban J connectivity index is 2.19. The summed E-state index contributed by atoms with van der Waals surface area (Å²) in [4.78, 5) is 14.3. The minimum atomic E-state index is -0.0976. The van der Waals surface area contributed by atoms with Gasteiger partial charge in [0.2, 0.25) is 0 Å². The lowest BCUT2D eigenvalue weighted by molar-refractivity contribution is 0.0585. The van der Waals surface area contributed by atoms with Gasteiger partial charge >= 0.3 is 0 Å². The number of likely N-dealkylation sites (tertiary alicyclic amines) is 1. The molecule has 0 aliphatic carbocycles. The highest BCUT2D eigenvalue weighted by molar-refractivity contribution is 5.97. The number of carbonyl (C=O) groups excluding carboxylic acids is 1. The Morgan fingerprint density at radius 3 is 2.74 bits per heavy atom. The van der Waals surface area contributed by atoms with Gasteiger partial charge in [-0.2, -0.15) is 0 Å². The molecular weight excluding hydrogens is 242 g/mol. The molecule has 0 aromatic heterocycles. The van der Waals surface area contributed by atoms with Gasteiger partial charge in [0.05, 0.1) is 12.7 Å². The molecule has 1 aliphatic rings. The molecule has 19 heavy (non-hydrogen) atoms. The summed E-state index contributed by atoms with van der Waals surface area (Å²) < 4.78 is 5.03. The Kier molecular flexibility index (Phi) is 3.98. The summed E-state index contributed by atoms with van der Waals surface area (Å²) in [6, 6.07) is 5.02. The van der Waals surface area contributed by atoms with Gasteiger partial charge in [0, 0.05) is 18.7 Å². The van der Waals surface area contributed by atoms with Crippen molar-refractivity contribution in [2.75, 3.05) is 13.7 Å². The fourth-order valence-corrected chi connectivity index (χ4v) is 2.68. The molecule has 1 saturated heterocycles. The third-order valence-corrected chi connectivity index (χ3v) is 3.83. The van der Waals surface area contributed by atoms with Gasteiger partial charge in [0.15, 0.2) is 0 Å². The predicted molar refractivity (Wildman–Crippen MR) is 73.6 cm³/mol. The van der Waals surface area contributed by atoms with E-state index in [0.717, 1.165) is 19.4 Å². The maximum absolute atomic E-state index is 12.5. The zero-order valence-electron chi connectivity index (χ0n) is 11.7. The van der Waals surface area contributed by atoms with E-state index in [1.54, 1.807) is 12.1 Å². The third-order valence-electron chi connectivity index (χ3n) is 3.83. The van der Waals surface area contributed by atoms with Gasteiger partial charge in [-0.3, -0.25) is 4.79 Å². The lowest BCUT2D eigenvalue weighted by Gasteiger charge is -2.36. The van der Waals surface area contributed by atoms with Crippen LogP contribution in [-0.4, -0.2) is 35.6 Å². The fourth-order valence-electron chi connectivity index (χ4n) is 2.68. The molecule has 2 unspecified atom stereocenters. The molecular formula is C15H21NO3. The monoisotopic (exact) mass is 263 g/mol. The van der Waals surface area contributed by atoms with Crippen LogP contribution in [0.5, 0.6) is 11.5 Å². The quantitative estimate of drug-likeness (QED) is 0.892. The number of hydrogen-bond donors (Lipinski definition) is 1. The number of phenols is 1. The van der Waals surface area contributed by atoms with Crippen LogP contribution < -0.4 is 4.74 Å². The Bertz CT molecular complexity index is 472. The first-order chi connectivity index (χ1) is 9.02. The number of aromatic hydroxyl groups is 1. The number of carbonyl (C=O) groups is 1. The van der Waals surface area contributed by atoms with E-state index in [1.165, 1.54) is 13.2 Å². The van der Waals surface area contributed by atoms with Crippen LogP contribution in [0.3, 0.4) is 0 Å². The minimum absolute atomic E-state index is 0.0184. The van der Waals surface area contributed by atoms with Gasteiger partial charge < -0.3 is 14.7 Å². The Hall–Kier alpha value is -1.71. The molecule has 1 aromatic rings. The van der Waals surface area contributed by atoms with Gasteiger partial charge in [-0.05, 0) is 37.8 Å². The lowest BCUT2D eigenvalue weighted by Crippen LogP contribution is -2.44. The van der Waals surface area contributed by atoms with E-state index in [0.29, 0.717) is 17.2 Å². The van der Waals surface area contributed by atoms with Gasteiger partial charge in [-0.15, -0.1) is 0 Å². The minimum Gasteiger partial charge on any atom is -0.507 e. The second-order valence-corrected chi connectivity index (χ2v) is 5.36. The highest BCUT2D eigenvalue weighted by atomic mass is 16.5. The number of phenolic OH excluding ortho intramolecular Hbond substituents is 1. The van der Waals surface area contributed by atoms with Crippen LogP contribution in [0.1, 0.15) is 37.0 Å². The van der Waals surface area contributed by atoms with Crippen LogP contribution in [0.15, 0.2) is 18.2 Å². The van der Waals surface area contributed by atoms with Gasteiger partial charge in [-0.25, -0.2) is 0 Å². The third kappa shape index (κ3) is 2.83. The first-order valence-electron chi connectivity index (χ1n) is 6.71. The van der Waals surface area contributed by atoms with Crippen molar-refractivity contribution in [3.8, 4) is 11.5 Å². The zero-order chi connectivity index (χ0) is 14.0. The molecule has 4 heteroatoms. The lowest BCUT2D eigenvalue weighted by atomic mass is 9.93. The Morgan fingerprint density at radius 1 is 1.42 bits per heavy atom. The summed E-state index contributed by atoms with van der Waals surface area (Å²) in [5.74, 6) is 1.09. The van der Waals surface area contributed by atoms with E-state index in [2.05, 4.69) is 13.8 Å². The average molecular weight is 263 g/mol. The smallest absolute Gasteiger partial charge is 0.257 e. The fraction of sp³-hybridized carbons (Fsp3) is 0.533. The van der Waals surface area contributed by atoms with E-state index in [1.807, 2.05) is 4.90 Å². The summed E-state index contributed by atoms with van der Waals surface area (Å²) in [5.41, 5.74) is 0.349. The average Bonchev–Trinajstić information content (AvgIpc) is 2.37. The summed E-state index contributed by atoms with van der Waals surface area (Å²) in [5, 5.41) is 9.93. The van der Waals surface area contributed by atoms with Crippen molar-refractivity contribution in [3.05, 3.63) is 23.8 Å². The number of ether oxygens (including phenoxy) is 1. The van der Waals surface area contributed by atoms with Gasteiger partial charge in [-0.1, -0.05) is 6.92 Å². The summed E-state index contributed by atoms with van der Waals surface area (Å²) >= 11 is 0. The van der Waals surface area contributed by atoms with E-state index in [4.69, 9.17) is 4.74 Å². The van der Waals surface area contributed by atoms with E-state index in [-0.39, 0.29) is 17.7 Å². The van der Waals surface area contributed by atoms with Crippen molar-refractivity contribution < 1.29 is 14.6 Å². The summed E-state index contributed by atoms with van der Waals surface area (Å²) in [6.45, 7) is 5.03. The van der Waals surface area contributed by atoms with Crippen LogP contribution in [-0.2, 0) is 0 Å². The normalized spacial score (nSPS) is 23.2. The predicted octanol–water partition coefficient (Wildman–Crippen LogP) is 2.66. The number of hydrogen-bond acceptors (Lipinski definition) is 3. The number of amides is 1. The maximum atomic E-state index is 12.5. The second kappa shape index (κ2) is 5.51. The van der Waals surface area contributed by atoms with Crippen molar-refractivity contribution in [1.29, 1.82) is 0 Å². The van der Waals surface area contributed by atoms with E-state index >= 15 is 0 Å². The van der Waals surface area contributed by atoms with Crippen LogP contribution in [0, 0.1) is 5.92 Å². The first-order valence-corrected chi connectivity index (χ1v) is 6.71. The van der Waals surface area contributed by atoms with Crippen molar-refractivity contribution in [3.63, 3.8) is 0 Å². The van der Waals surface area contributed by atoms with Crippen molar-refractivity contribution in [2.45, 2.75) is 32.7 Å². The van der Waals surface area contributed by atoms with Crippen molar-refractivity contribution in [1.82, 2.24) is 4.90 Å². The van der Waals surface area contributed by atoms with Gasteiger partial charge in [0.25, 0.3) is 5.91 Å². The topological polar surface area (TPSA) is 49.8 Å². The summed E-state index contributed by atoms with van der Waals surface area (Å²) in [7, 11) is 1.53. The molecule has 1 amide bonds. The molecule has 0 spiro atoms. The van der Waals surface area contributed by atoms with Crippen LogP contribution in [0.2, 0.25) is 0 Å². The first kappa shape index (κ1) is 13.7. The number of nitrogens with zero attached hydrogens (tertiary/aromatic N) is 1. The number of methoxy groups -OCH3 is 1. The molecule has 1 fully saturated rings. The highest BCUT2D eigenvalue weighted by Gasteiger charge is 2.28. The molecule has 0 bridgehead atoms. The molecule has 1 heterocycles. The molecule has 1 aliphatic heterocycles. The molecule has 1 aromatic carbocycles. The molecule has 104 valence electrons. The summed E-state index contributed by atoms with van der Waals surface area (Å²) in [6.07, 6.45) is 2.04. The van der Waals surface area contributed by atoms with Crippen LogP contribution in [0.25, 0.3) is 0 Å². The molecule has 1 N–H and O–H groups in total. The highest BCUT2D eigenvalue weighted by Crippen LogP contribution is 2.28. The maximum Gasteiger partial charge on any atom is 0.257 e. The van der Waals surface area contributed by atoms with Crippen LogP contribution >= 0.6 is 0 Å². The van der Waals surface area contributed by atoms with Crippen LogP contribution in [0.4, 0.5) is 0 Å². The molecule has 0 radical (unpaired) electrons. The zero-order valence-corrected chi connectivity index (χ0v) is 11.7. The van der Waals surface area contributed by atoms with Gasteiger partial charge in [0.1, 0.15) is 11.5 Å². The largest absolute Gasteiger partial charge is 0.507 e. The molecule has 0 saturated carbocycles.